The lowest BCUT2D eigenvalue weighted by Crippen LogP contribution is -2.12. The van der Waals surface area contributed by atoms with Crippen LogP contribution in [0.4, 0.5) is 0 Å². The van der Waals surface area contributed by atoms with Crippen LogP contribution in [0.1, 0.15) is 50.7 Å². The molecule has 0 heteroatoms. The summed E-state index contributed by atoms with van der Waals surface area (Å²) in [6.45, 7) is 12.7. The van der Waals surface area contributed by atoms with E-state index < -0.39 is 0 Å². The highest BCUT2D eigenvalue weighted by Gasteiger charge is 2.18. The highest BCUT2D eigenvalue weighted by molar-refractivity contribution is 5.60. The minimum atomic E-state index is 0.670. The first-order chi connectivity index (χ1) is 11.2. The Kier molecular flexibility index (Phi) is 6.65. The molecule has 1 aromatic carbocycles. The second-order valence-corrected chi connectivity index (χ2v) is 6.61. The molecule has 0 heterocycles. The Balaban J connectivity index is 2.41. The van der Waals surface area contributed by atoms with Crippen molar-refractivity contribution in [1.82, 2.24) is 0 Å². The molecule has 0 aliphatic heterocycles. The van der Waals surface area contributed by atoms with Gasteiger partial charge in [0.15, 0.2) is 0 Å². The monoisotopic (exact) mass is 306 g/mol. The zero-order valence-corrected chi connectivity index (χ0v) is 14.7. The number of fused-ring (bicyclic) bond motifs is 1. The Morgan fingerprint density at radius 1 is 1.04 bits per heavy atom. The lowest BCUT2D eigenvalue weighted by atomic mass is 9.82. The minimum absolute atomic E-state index is 0.670. The second-order valence-electron chi connectivity index (χ2n) is 6.61. The van der Waals surface area contributed by atoms with E-state index in [0.717, 1.165) is 18.8 Å². The largest absolute Gasteiger partial charge is 0.0988 e. The number of allylic oxidation sites excluding steroid dienone is 5. The fourth-order valence-electron chi connectivity index (χ4n) is 3.64. The van der Waals surface area contributed by atoms with Crippen LogP contribution in [0.5, 0.6) is 0 Å². The average molecular weight is 306 g/mol. The van der Waals surface area contributed by atoms with Gasteiger partial charge in [-0.25, -0.2) is 0 Å². The predicted octanol–water partition coefficient (Wildman–Crippen LogP) is 6.76. The topological polar surface area (TPSA) is 0 Å². The third-order valence-corrected chi connectivity index (χ3v) is 5.17. The Hall–Kier alpha value is -1.82. The van der Waals surface area contributed by atoms with Gasteiger partial charge in [0.1, 0.15) is 0 Å². The number of hydrogen-bond acceptors (Lipinski definition) is 0. The molecule has 2 rings (SSSR count). The smallest absolute Gasteiger partial charge is 0.0224 e. The molecule has 1 aliphatic carbocycles. The van der Waals surface area contributed by atoms with Crippen LogP contribution in [-0.4, -0.2) is 0 Å². The molecule has 0 bridgehead atoms. The molecule has 1 aromatic rings. The van der Waals surface area contributed by atoms with Gasteiger partial charge in [0.25, 0.3) is 0 Å². The van der Waals surface area contributed by atoms with Crippen LogP contribution >= 0.6 is 0 Å². The Morgan fingerprint density at radius 2 is 1.78 bits per heavy atom. The van der Waals surface area contributed by atoms with Crippen LogP contribution < -0.4 is 0 Å². The van der Waals surface area contributed by atoms with Crippen molar-refractivity contribution in [3.63, 3.8) is 0 Å². The summed E-state index contributed by atoms with van der Waals surface area (Å²) in [5, 5.41) is 0. The summed E-state index contributed by atoms with van der Waals surface area (Å²) in [6, 6.07) is 8.80. The molecule has 1 aliphatic rings. The number of hydrogen-bond donors (Lipinski definition) is 0. The zero-order chi connectivity index (χ0) is 16.7. The summed E-state index contributed by atoms with van der Waals surface area (Å²) < 4.78 is 0. The van der Waals surface area contributed by atoms with Gasteiger partial charge in [0, 0.05) is 0 Å². The van der Waals surface area contributed by atoms with Gasteiger partial charge in [0.05, 0.1) is 0 Å². The number of rotatable bonds is 6. The summed E-state index contributed by atoms with van der Waals surface area (Å²) in [7, 11) is 0. The first-order valence-corrected chi connectivity index (χ1v) is 8.95. The maximum Gasteiger partial charge on any atom is -0.0224 e. The molecule has 0 fully saturated rings. The van der Waals surface area contributed by atoms with Crippen LogP contribution in [0.2, 0.25) is 0 Å². The molecule has 0 radical (unpaired) electrons. The zero-order valence-electron chi connectivity index (χ0n) is 14.7. The van der Waals surface area contributed by atoms with Crippen molar-refractivity contribution >= 4 is 6.08 Å². The normalized spacial score (nSPS) is 22.7. The van der Waals surface area contributed by atoms with Crippen LogP contribution in [0.3, 0.4) is 0 Å². The van der Waals surface area contributed by atoms with Gasteiger partial charge < -0.3 is 0 Å². The van der Waals surface area contributed by atoms with Crippen LogP contribution in [0, 0.1) is 11.8 Å². The second kappa shape index (κ2) is 8.72. The summed E-state index contributed by atoms with van der Waals surface area (Å²) >= 11 is 0. The van der Waals surface area contributed by atoms with E-state index in [1.165, 1.54) is 41.5 Å². The Labute approximate surface area is 142 Å². The summed E-state index contributed by atoms with van der Waals surface area (Å²) in [4.78, 5) is 0. The van der Waals surface area contributed by atoms with Crippen molar-refractivity contribution in [1.29, 1.82) is 0 Å². The van der Waals surface area contributed by atoms with Gasteiger partial charge >= 0.3 is 0 Å². The maximum absolute atomic E-state index is 4.05. The molecule has 0 aromatic heterocycles. The molecule has 122 valence electrons. The molecule has 0 saturated heterocycles. The summed E-state index contributed by atoms with van der Waals surface area (Å²) in [5.41, 5.74) is 5.35. The molecule has 1 unspecified atom stereocenters. The molecular formula is C23H30. The van der Waals surface area contributed by atoms with E-state index in [9.17, 15) is 0 Å². The first kappa shape index (κ1) is 17.5. The Morgan fingerprint density at radius 3 is 2.43 bits per heavy atom. The quantitative estimate of drug-likeness (QED) is 0.545. The SMILES string of the molecule is C=CC1=C(\C=C)CC(CC(CC)CC)Cc2ccccc2/C=C\1. The average Bonchev–Trinajstić information content (AvgIpc) is 2.66. The molecule has 1 atom stereocenters. The molecule has 0 spiro atoms. The highest BCUT2D eigenvalue weighted by atomic mass is 14.2. The van der Waals surface area contributed by atoms with Crippen LogP contribution in [-0.2, 0) is 6.42 Å². The minimum Gasteiger partial charge on any atom is -0.0988 e. The fraction of sp³-hybridized carbons (Fsp3) is 0.391. The van der Waals surface area contributed by atoms with E-state index in [-0.39, 0.29) is 0 Å². The van der Waals surface area contributed by atoms with E-state index in [4.69, 9.17) is 0 Å². The van der Waals surface area contributed by atoms with Gasteiger partial charge in [0.2, 0.25) is 0 Å². The Bertz CT molecular complexity index is 596. The third kappa shape index (κ3) is 4.58. The van der Waals surface area contributed by atoms with Gasteiger partial charge in [-0.15, -0.1) is 0 Å². The maximum atomic E-state index is 4.05. The van der Waals surface area contributed by atoms with Crippen molar-refractivity contribution < 1.29 is 0 Å². The summed E-state index contributed by atoms with van der Waals surface area (Å²) in [6.07, 6.45) is 14.5. The standard InChI is InChI=1S/C23H30/c1-5-18(6-2)15-19-16-21(8-4)20(7-3)13-14-22-11-9-10-12-23(22)17-19/h7-14,18-19H,3-6,15-17H2,1-2H3/b14-13-,21-20-. The third-order valence-electron chi connectivity index (χ3n) is 5.17. The fourth-order valence-corrected chi connectivity index (χ4v) is 3.64. The van der Waals surface area contributed by atoms with Gasteiger partial charge in [-0.1, -0.05) is 88.4 Å². The van der Waals surface area contributed by atoms with E-state index in [1.54, 1.807) is 0 Å². The van der Waals surface area contributed by atoms with Gasteiger partial charge in [-0.05, 0) is 53.4 Å². The molecule has 0 nitrogen and oxygen atoms in total. The number of benzene rings is 1. The van der Waals surface area contributed by atoms with E-state index in [2.05, 4.69) is 63.4 Å². The van der Waals surface area contributed by atoms with Crippen LogP contribution in [0.15, 0.2) is 66.8 Å². The molecule has 23 heavy (non-hydrogen) atoms. The molecule has 0 amide bonds. The van der Waals surface area contributed by atoms with Crippen molar-refractivity contribution in [3.8, 4) is 0 Å². The first-order valence-electron chi connectivity index (χ1n) is 8.95. The van der Waals surface area contributed by atoms with E-state index in [0.29, 0.717) is 5.92 Å². The van der Waals surface area contributed by atoms with E-state index in [1.807, 2.05) is 12.2 Å². The lowest BCUT2D eigenvalue weighted by Gasteiger charge is -2.23. The van der Waals surface area contributed by atoms with Gasteiger partial charge in [-0.3, -0.25) is 0 Å². The van der Waals surface area contributed by atoms with Crippen molar-refractivity contribution in [2.45, 2.75) is 46.0 Å². The van der Waals surface area contributed by atoms with Crippen LogP contribution in [0.25, 0.3) is 6.08 Å². The molecule has 0 N–H and O–H groups in total. The van der Waals surface area contributed by atoms with Gasteiger partial charge in [-0.2, -0.15) is 0 Å². The predicted molar refractivity (Wildman–Crippen MR) is 103 cm³/mol. The lowest BCUT2D eigenvalue weighted by molar-refractivity contribution is 0.349. The van der Waals surface area contributed by atoms with Crippen molar-refractivity contribution in [2.24, 2.45) is 11.8 Å². The van der Waals surface area contributed by atoms with Crippen molar-refractivity contribution in [3.05, 3.63) is 77.9 Å². The highest BCUT2D eigenvalue weighted by Crippen LogP contribution is 2.31. The molecule has 0 saturated carbocycles. The summed E-state index contributed by atoms with van der Waals surface area (Å²) in [5.74, 6) is 1.49. The molecular weight excluding hydrogens is 276 g/mol. The van der Waals surface area contributed by atoms with E-state index >= 15 is 0 Å². The van der Waals surface area contributed by atoms with Crippen molar-refractivity contribution in [2.75, 3.05) is 0 Å².